The molecule has 0 amide bonds. The van der Waals surface area contributed by atoms with Crippen molar-refractivity contribution in [2.45, 2.75) is 32.5 Å². The predicted molar refractivity (Wildman–Crippen MR) is 64.4 cm³/mol. The maximum absolute atomic E-state index is 10.9. The highest BCUT2D eigenvalue weighted by atomic mass is 16.6. The summed E-state index contributed by atoms with van der Waals surface area (Å²) in [5.74, 6) is 0.0385. The molecule has 1 aromatic rings. The highest BCUT2D eigenvalue weighted by Crippen LogP contribution is 2.20. The summed E-state index contributed by atoms with van der Waals surface area (Å²) in [4.78, 5) is 10.9. The average Bonchev–Trinajstić information content (AvgIpc) is 2.58. The second-order valence-corrected chi connectivity index (χ2v) is 4.58. The van der Waals surface area contributed by atoms with Crippen molar-refractivity contribution in [3.8, 4) is 0 Å². The van der Waals surface area contributed by atoms with E-state index in [1.54, 1.807) is 0 Å². The Balaban J connectivity index is 2.09. The number of hydrogen-bond acceptors (Lipinski definition) is 3. The predicted octanol–water partition coefficient (Wildman–Crippen LogP) is 2.15. The molecule has 1 atom stereocenters. The summed E-state index contributed by atoms with van der Waals surface area (Å²) in [7, 11) is 0. The van der Waals surface area contributed by atoms with Crippen LogP contribution in [0.2, 0.25) is 0 Å². The quantitative estimate of drug-likeness (QED) is 0.812. The number of aliphatic hydroxyl groups excluding tert-OH is 1. The molecule has 3 nitrogen and oxygen atoms in total. The van der Waals surface area contributed by atoms with Gasteiger partial charge in [-0.05, 0) is 17.0 Å². The third kappa shape index (κ3) is 2.74. The molecule has 0 saturated carbocycles. The van der Waals surface area contributed by atoms with Crippen molar-refractivity contribution in [3.63, 3.8) is 0 Å². The Morgan fingerprint density at radius 3 is 2.41 bits per heavy atom. The molecule has 1 N–H and O–H groups in total. The van der Waals surface area contributed by atoms with E-state index in [1.165, 1.54) is 11.6 Å². The van der Waals surface area contributed by atoms with Crippen LogP contribution in [0.5, 0.6) is 0 Å². The molecular formula is C14H16O3. The molecule has 1 aromatic carbocycles. The number of esters is 1. The van der Waals surface area contributed by atoms with E-state index >= 15 is 0 Å². The van der Waals surface area contributed by atoms with Gasteiger partial charge in [0, 0.05) is 18.1 Å². The smallest absolute Gasteiger partial charge is 0.333 e. The number of ether oxygens (including phenoxy) is 1. The fourth-order valence-electron chi connectivity index (χ4n) is 1.84. The van der Waals surface area contributed by atoms with Crippen molar-refractivity contribution < 1.29 is 14.6 Å². The topological polar surface area (TPSA) is 46.5 Å². The average molecular weight is 232 g/mol. The van der Waals surface area contributed by atoms with Crippen LogP contribution in [0.1, 0.15) is 30.9 Å². The molecule has 90 valence electrons. The first-order valence-electron chi connectivity index (χ1n) is 5.74. The molecule has 0 aliphatic carbocycles. The van der Waals surface area contributed by atoms with Gasteiger partial charge in [-0.25, -0.2) is 4.79 Å². The van der Waals surface area contributed by atoms with Crippen LogP contribution in [0.25, 0.3) is 0 Å². The van der Waals surface area contributed by atoms with Crippen LogP contribution in [0, 0.1) is 0 Å². The monoisotopic (exact) mass is 232 g/mol. The van der Waals surface area contributed by atoms with E-state index in [1.807, 2.05) is 12.1 Å². The minimum atomic E-state index is -1.08. The number of aliphatic hydroxyl groups is 1. The number of benzene rings is 1. The summed E-state index contributed by atoms with van der Waals surface area (Å²) >= 11 is 0. The van der Waals surface area contributed by atoms with Gasteiger partial charge in [-0.15, -0.1) is 0 Å². The van der Waals surface area contributed by atoms with Crippen molar-refractivity contribution in [3.05, 3.63) is 47.0 Å². The Morgan fingerprint density at radius 1 is 1.29 bits per heavy atom. The van der Waals surface area contributed by atoms with Crippen molar-refractivity contribution >= 4 is 5.97 Å². The molecule has 1 unspecified atom stereocenters. The summed E-state index contributed by atoms with van der Waals surface area (Å²) in [5.41, 5.74) is 2.97. The maximum Gasteiger partial charge on any atom is 0.333 e. The van der Waals surface area contributed by atoms with Crippen molar-refractivity contribution in [2.75, 3.05) is 0 Å². The second kappa shape index (κ2) is 4.72. The highest BCUT2D eigenvalue weighted by molar-refractivity contribution is 5.85. The van der Waals surface area contributed by atoms with Gasteiger partial charge in [0.05, 0.1) is 0 Å². The summed E-state index contributed by atoms with van der Waals surface area (Å²) in [6.07, 6.45) is 0.832. The Bertz CT molecular complexity index is 443. The number of rotatable bonds is 3. The third-order valence-electron chi connectivity index (χ3n) is 2.90. The van der Waals surface area contributed by atoms with Crippen LogP contribution < -0.4 is 0 Å². The van der Waals surface area contributed by atoms with Crippen LogP contribution in [0.15, 0.2) is 35.9 Å². The van der Waals surface area contributed by atoms with E-state index in [4.69, 9.17) is 0 Å². The first kappa shape index (κ1) is 11.9. The molecule has 3 heteroatoms. The van der Waals surface area contributed by atoms with E-state index in [0.717, 1.165) is 5.56 Å². The lowest BCUT2D eigenvalue weighted by Gasteiger charge is -2.09. The highest BCUT2D eigenvalue weighted by Gasteiger charge is 2.23. The third-order valence-corrected chi connectivity index (χ3v) is 2.90. The lowest BCUT2D eigenvalue weighted by molar-refractivity contribution is -0.151. The van der Waals surface area contributed by atoms with Crippen molar-refractivity contribution in [2.24, 2.45) is 0 Å². The van der Waals surface area contributed by atoms with E-state index < -0.39 is 12.3 Å². The molecule has 1 heterocycles. The zero-order valence-electron chi connectivity index (χ0n) is 10.0. The number of carbonyl (C=O) groups is 1. The molecule has 0 fully saturated rings. The van der Waals surface area contributed by atoms with Crippen LogP contribution >= 0.6 is 0 Å². The first-order valence-corrected chi connectivity index (χ1v) is 5.74. The Hall–Kier alpha value is -1.61. The van der Waals surface area contributed by atoms with Crippen LogP contribution in [0.3, 0.4) is 0 Å². The molecule has 0 aromatic heterocycles. The fourth-order valence-corrected chi connectivity index (χ4v) is 1.84. The second-order valence-electron chi connectivity index (χ2n) is 4.58. The van der Waals surface area contributed by atoms with Gasteiger partial charge in [0.25, 0.3) is 0 Å². The van der Waals surface area contributed by atoms with E-state index in [-0.39, 0.29) is 0 Å². The normalized spacial score (nSPS) is 19.4. The summed E-state index contributed by atoms with van der Waals surface area (Å²) in [6.45, 7) is 4.29. The van der Waals surface area contributed by atoms with Crippen LogP contribution in [-0.2, 0) is 16.0 Å². The minimum Gasteiger partial charge on any atom is -0.429 e. The zero-order chi connectivity index (χ0) is 12.4. The van der Waals surface area contributed by atoms with Gasteiger partial charge in [0.15, 0.2) is 0 Å². The molecule has 0 bridgehead atoms. The minimum absolute atomic E-state index is 0.466. The van der Waals surface area contributed by atoms with Gasteiger partial charge in [0.1, 0.15) is 0 Å². The van der Waals surface area contributed by atoms with Crippen LogP contribution in [0.4, 0.5) is 0 Å². The molecule has 0 radical (unpaired) electrons. The lowest BCUT2D eigenvalue weighted by Crippen LogP contribution is -2.11. The molecule has 0 spiro atoms. The van der Waals surface area contributed by atoms with Crippen LogP contribution in [-0.4, -0.2) is 17.4 Å². The molecular weight excluding hydrogens is 216 g/mol. The van der Waals surface area contributed by atoms with Gasteiger partial charge >= 0.3 is 5.97 Å². The number of hydrogen-bond donors (Lipinski definition) is 1. The zero-order valence-corrected chi connectivity index (χ0v) is 10.0. The first-order chi connectivity index (χ1) is 8.06. The molecule has 17 heavy (non-hydrogen) atoms. The van der Waals surface area contributed by atoms with Crippen molar-refractivity contribution in [1.82, 2.24) is 0 Å². The number of carbonyl (C=O) groups excluding carboxylic acids is 1. The van der Waals surface area contributed by atoms with Gasteiger partial charge in [0.2, 0.25) is 6.29 Å². The Labute approximate surface area is 101 Å². The Morgan fingerprint density at radius 2 is 1.94 bits per heavy atom. The lowest BCUT2D eigenvalue weighted by atomic mass is 9.99. The summed E-state index contributed by atoms with van der Waals surface area (Å²) in [5, 5.41) is 9.45. The summed E-state index contributed by atoms with van der Waals surface area (Å²) < 4.78 is 4.63. The standard InChI is InChI=1S/C14H16O3/c1-9(2)11-5-3-10(4-6-11)7-12-8-13(15)17-14(12)16/h3-6,8-9,14,16H,7H2,1-2H3. The largest absolute Gasteiger partial charge is 0.429 e. The van der Waals surface area contributed by atoms with Crippen molar-refractivity contribution in [1.29, 1.82) is 0 Å². The van der Waals surface area contributed by atoms with E-state index in [2.05, 4.69) is 30.7 Å². The van der Waals surface area contributed by atoms with E-state index in [9.17, 15) is 9.90 Å². The maximum atomic E-state index is 10.9. The van der Waals surface area contributed by atoms with Gasteiger partial charge < -0.3 is 9.84 Å². The molecule has 1 aliphatic rings. The van der Waals surface area contributed by atoms with Gasteiger partial charge in [-0.3, -0.25) is 0 Å². The van der Waals surface area contributed by atoms with Gasteiger partial charge in [-0.2, -0.15) is 0 Å². The summed E-state index contributed by atoms with van der Waals surface area (Å²) in [6, 6.07) is 8.19. The Kier molecular flexibility index (Phi) is 3.29. The van der Waals surface area contributed by atoms with E-state index in [0.29, 0.717) is 17.9 Å². The molecule has 1 aliphatic heterocycles. The number of cyclic esters (lactones) is 1. The molecule has 2 rings (SSSR count). The molecule has 0 saturated heterocycles. The fraction of sp³-hybridized carbons (Fsp3) is 0.357. The van der Waals surface area contributed by atoms with Gasteiger partial charge in [-0.1, -0.05) is 38.1 Å². The SMILES string of the molecule is CC(C)c1ccc(CC2=CC(=O)OC2O)cc1.